The Bertz CT molecular complexity index is 988. The van der Waals surface area contributed by atoms with Crippen molar-refractivity contribution in [3.8, 4) is 17.2 Å². The standard InChI is InChI=1S/C19H18N2O3S/c1-13-12-20(18(22)16-9-4-5-10-17(16)24-3)19(25)21(13)14-7-6-8-15(11-14)23-2/h4-12H,1-3H3. The number of para-hydroxylation sites is 1. The van der Waals surface area contributed by atoms with Gasteiger partial charge in [-0.15, -0.1) is 0 Å². The van der Waals surface area contributed by atoms with Crippen LogP contribution in [0.25, 0.3) is 5.69 Å². The molecule has 3 aromatic rings. The zero-order chi connectivity index (χ0) is 18.0. The largest absolute Gasteiger partial charge is 0.497 e. The third kappa shape index (κ3) is 3.08. The number of aryl methyl sites for hydroxylation is 1. The molecule has 0 radical (unpaired) electrons. The molecular weight excluding hydrogens is 336 g/mol. The molecule has 25 heavy (non-hydrogen) atoms. The predicted octanol–water partition coefficient (Wildman–Crippen LogP) is 4.02. The fourth-order valence-electron chi connectivity index (χ4n) is 2.72. The van der Waals surface area contributed by atoms with E-state index >= 15 is 0 Å². The molecule has 1 heterocycles. The number of benzene rings is 2. The molecule has 0 aliphatic rings. The summed E-state index contributed by atoms with van der Waals surface area (Å²) >= 11 is 5.55. The van der Waals surface area contributed by atoms with Gasteiger partial charge in [-0.25, -0.2) is 0 Å². The van der Waals surface area contributed by atoms with E-state index < -0.39 is 0 Å². The first-order chi connectivity index (χ1) is 12.1. The molecule has 1 aromatic heterocycles. The number of aromatic nitrogens is 2. The van der Waals surface area contributed by atoms with Gasteiger partial charge < -0.3 is 9.47 Å². The van der Waals surface area contributed by atoms with Crippen LogP contribution in [0, 0.1) is 11.7 Å². The quantitative estimate of drug-likeness (QED) is 0.664. The summed E-state index contributed by atoms with van der Waals surface area (Å²) in [7, 11) is 3.15. The summed E-state index contributed by atoms with van der Waals surface area (Å²) in [6.07, 6.45) is 1.73. The smallest absolute Gasteiger partial charge is 0.267 e. The molecule has 2 aromatic carbocycles. The minimum Gasteiger partial charge on any atom is -0.497 e. The third-order valence-electron chi connectivity index (χ3n) is 3.93. The van der Waals surface area contributed by atoms with Gasteiger partial charge in [0.2, 0.25) is 0 Å². The number of hydrogen-bond acceptors (Lipinski definition) is 4. The topological polar surface area (TPSA) is 45.4 Å². The molecule has 5 nitrogen and oxygen atoms in total. The SMILES string of the molecule is COc1cccc(-n2c(C)cn(C(=O)c3ccccc3OC)c2=S)c1. The van der Waals surface area contributed by atoms with Gasteiger partial charge in [0.05, 0.1) is 25.5 Å². The van der Waals surface area contributed by atoms with Crippen molar-refractivity contribution >= 4 is 18.1 Å². The minimum atomic E-state index is -0.229. The van der Waals surface area contributed by atoms with Crippen molar-refractivity contribution in [1.29, 1.82) is 0 Å². The predicted molar refractivity (Wildman–Crippen MR) is 98.6 cm³/mol. The van der Waals surface area contributed by atoms with E-state index in [4.69, 9.17) is 21.7 Å². The van der Waals surface area contributed by atoms with Crippen molar-refractivity contribution in [3.63, 3.8) is 0 Å². The van der Waals surface area contributed by atoms with Crippen LogP contribution in [0.4, 0.5) is 0 Å². The highest BCUT2D eigenvalue weighted by molar-refractivity contribution is 7.71. The Hall–Kier alpha value is -2.86. The number of ether oxygens (including phenoxy) is 2. The second-order valence-electron chi connectivity index (χ2n) is 5.47. The van der Waals surface area contributed by atoms with E-state index in [9.17, 15) is 4.79 Å². The molecule has 128 valence electrons. The Morgan fingerprint density at radius 3 is 2.52 bits per heavy atom. The summed E-state index contributed by atoms with van der Waals surface area (Å²) in [5, 5.41) is 0. The lowest BCUT2D eigenvalue weighted by Gasteiger charge is -2.09. The Labute approximate surface area is 151 Å². The second kappa shape index (κ2) is 6.94. The maximum atomic E-state index is 12.9. The van der Waals surface area contributed by atoms with Crippen LogP contribution in [0.1, 0.15) is 16.1 Å². The molecule has 0 unspecified atom stereocenters. The van der Waals surface area contributed by atoms with Crippen LogP contribution in [0.5, 0.6) is 11.5 Å². The molecule has 0 saturated carbocycles. The van der Waals surface area contributed by atoms with Crippen LogP contribution >= 0.6 is 12.2 Å². The molecule has 0 aliphatic carbocycles. The monoisotopic (exact) mass is 354 g/mol. The van der Waals surface area contributed by atoms with Crippen LogP contribution in [-0.2, 0) is 0 Å². The summed E-state index contributed by atoms with van der Waals surface area (Å²) in [5.41, 5.74) is 2.15. The van der Waals surface area contributed by atoms with E-state index in [1.165, 1.54) is 11.7 Å². The number of nitrogens with zero attached hydrogens (tertiary/aromatic N) is 2. The molecule has 0 bridgehead atoms. The number of methoxy groups -OCH3 is 2. The molecule has 0 fully saturated rings. The maximum absolute atomic E-state index is 12.9. The molecule has 0 saturated heterocycles. The summed E-state index contributed by atoms with van der Waals surface area (Å²) in [6.45, 7) is 1.90. The molecule has 3 rings (SSSR count). The lowest BCUT2D eigenvalue weighted by atomic mass is 10.2. The van der Waals surface area contributed by atoms with Crippen molar-refractivity contribution in [2.75, 3.05) is 14.2 Å². The summed E-state index contributed by atoms with van der Waals surface area (Å²) in [6, 6.07) is 14.6. The van der Waals surface area contributed by atoms with Crippen molar-refractivity contribution < 1.29 is 14.3 Å². The Morgan fingerprint density at radius 1 is 1.04 bits per heavy atom. The van der Waals surface area contributed by atoms with Crippen LogP contribution in [0.15, 0.2) is 54.7 Å². The highest BCUT2D eigenvalue weighted by atomic mass is 32.1. The van der Waals surface area contributed by atoms with Gasteiger partial charge in [-0.2, -0.15) is 0 Å². The fraction of sp³-hybridized carbons (Fsp3) is 0.158. The van der Waals surface area contributed by atoms with E-state index in [1.54, 1.807) is 31.5 Å². The molecule has 0 aliphatic heterocycles. The zero-order valence-electron chi connectivity index (χ0n) is 14.2. The normalized spacial score (nSPS) is 10.5. The first-order valence-electron chi connectivity index (χ1n) is 7.70. The van der Waals surface area contributed by atoms with Crippen molar-refractivity contribution in [3.05, 3.63) is 70.8 Å². The van der Waals surface area contributed by atoms with Crippen LogP contribution < -0.4 is 9.47 Å². The Morgan fingerprint density at radius 2 is 1.80 bits per heavy atom. The van der Waals surface area contributed by atoms with Gasteiger partial charge in [0.1, 0.15) is 11.5 Å². The van der Waals surface area contributed by atoms with E-state index in [1.807, 2.05) is 41.8 Å². The zero-order valence-corrected chi connectivity index (χ0v) is 15.0. The third-order valence-corrected chi connectivity index (χ3v) is 4.31. The number of rotatable bonds is 4. The van der Waals surface area contributed by atoms with Crippen LogP contribution in [-0.4, -0.2) is 29.3 Å². The van der Waals surface area contributed by atoms with Crippen LogP contribution in [0.2, 0.25) is 0 Å². The van der Waals surface area contributed by atoms with Gasteiger partial charge in [-0.1, -0.05) is 18.2 Å². The first kappa shape index (κ1) is 17.0. The average molecular weight is 354 g/mol. The number of hydrogen-bond donors (Lipinski definition) is 0. The highest BCUT2D eigenvalue weighted by Gasteiger charge is 2.18. The van der Waals surface area contributed by atoms with E-state index in [-0.39, 0.29) is 5.91 Å². The van der Waals surface area contributed by atoms with Gasteiger partial charge in [-0.3, -0.25) is 13.9 Å². The van der Waals surface area contributed by atoms with Crippen molar-refractivity contribution in [2.45, 2.75) is 6.92 Å². The first-order valence-corrected chi connectivity index (χ1v) is 8.10. The second-order valence-corrected chi connectivity index (χ2v) is 5.83. The number of carbonyl (C=O) groups excluding carboxylic acids is 1. The summed E-state index contributed by atoms with van der Waals surface area (Å²) in [5.74, 6) is 1.01. The average Bonchev–Trinajstić information content (AvgIpc) is 2.95. The molecule has 0 spiro atoms. The molecule has 6 heteroatoms. The summed E-state index contributed by atoms with van der Waals surface area (Å²) in [4.78, 5) is 12.9. The van der Waals surface area contributed by atoms with E-state index in [2.05, 4.69) is 0 Å². The Balaban J connectivity index is 2.11. The van der Waals surface area contributed by atoms with Crippen molar-refractivity contribution in [2.24, 2.45) is 0 Å². The molecular formula is C19H18N2O3S. The van der Waals surface area contributed by atoms with Gasteiger partial charge in [0, 0.05) is 18.0 Å². The van der Waals surface area contributed by atoms with Crippen LogP contribution in [0.3, 0.4) is 0 Å². The minimum absolute atomic E-state index is 0.229. The van der Waals surface area contributed by atoms with Gasteiger partial charge >= 0.3 is 0 Å². The maximum Gasteiger partial charge on any atom is 0.267 e. The molecule has 0 amide bonds. The van der Waals surface area contributed by atoms with Crippen molar-refractivity contribution in [1.82, 2.24) is 9.13 Å². The fourth-order valence-corrected chi connectivity index (χ4v) is 3.10. The van der Waals surface area contributed by atoms with Gasteiger partial charge in [0.25, 0.3) is 5.91 Å². The van der Waals surface area contributed by atoms with E-state index in [0.29, 0.717) is 16.1 Å². The Kier molecular flexibility index (Phi) is 4.72. The lowest BCUT2D eigenvalue weighted by Crippen LogP contribution is -2.13. The lowest BCUT2D eigenvalue weighted by molar-refractivity contribution is 0.0955. The molecule has 0 N–H and O–H groups in total. The van der Waals surface area contributed by atoms with Gasteiger partial charge in [0.15, 0.2) is 4.77 Å². The number of imidazole rings is 1. The van der Waals surface area contributed by atoms with E-state index in [0.717, 1.165) is 17.1 Å². The summed E-state index contributed by atoms with van der Waals surface area (Å²) < 4.78 is 14.2. The molecule has 0 atom stereocenters. The number of carbonyl (C=O) groups is 1. The highest BCUT2D eigenvalue weighted by Crippen LogP contribution is 2.22. The van der Waals surface area contributed by atoms with Gasteiger partial charge in [-0.05, 0) is 43.4 Å².